The van der Waals surface area contributed by atoms with Crippen molar-refractivity contribution in [3.8, 4) is 16.9 Å². The predicted molar refractivity (Wildman–Crippen MR) is 122 cm³/mol. The molecule has 4 aromatic carbocycles. The van der Waals surface area contributed by atoms with E-state index in [1.165, 1.54) is 27.8 Å². The molecule has 0 radical (unpaired) electrons. The topological polar surface area (TPSA) is 21.3 Å². The summed E-state index contributed by atoms with van der Waals surface area (Å²) in [6, 6.07) is 31.9. The average molecular weight is 410 g/mol. The van der Waals surface area contributed by atoms with E-state index < -0.39 is 0 Å². The normalized spacial score (nSPS) is 18.6. The first kappa shape index (κ1) is 17.6. The Hall–Kier alpha value is -3.23. The third-order valence-corrected chi connectivity index (χ3v) is 6.43. The van der Waals surface area contributed by atoms with Crippen molar-refractivity contribution >= 4 is 17.3 Å². The zero-order valence-corrected chi connectivity index (χ0v) is 17.1. The van der Waals surface area contributed by atoms with Gasteiger partial charge >= 0.3 is 0 Å². The summed E-state index contributed by atoms with van der Waals surface area (Å²) in [5.41, 5.74) is 8.86. The van der Waals surface area contributed by atoms with Gasteiger partial charge in [0.15, 0.2) is 6.23 Å². The fourth-order valence-electron chi connectivity index (χ4n) is 4.69. The van der Waals surface area contributed by atoms with Gasteiger partial charge in [0.1, 0.15) is 5.75 Å². The van der Waals surface area contributed by atoms with Crippen LogP contribution in [0.3, 0.4) is 0 Å². The van der Waals surface area contributed by atoms with Crippen LogP contribution < -0.4 is 10.1 Å². The van der Waals surface area contributed by atoms with Crippen molar-refractivity contribution in [1.29, 1.82) is 0 Å². The fourth-order valence-corrected chi connectivity index (χ4v) is 4.82. The van der Waals surface area contributed by atoms with Crippen molar-refractivity contribution in [3.63, 3.8) is 0 Å². The highest BCUT2D eigenvalue weighted by molar-refractivity contribution is 6.30. The molecule has 0 amide bonds. The zero-order chi connectivity index (χ0) is 20.1. The Morgan fingerprint density at radius 3 is 2.37 bits per heavy atom. The largest absolute Gasteiger partial charge is 0.464 e. The number of fused-ring (bicyclic) bond motifs is 4. The number of anilines is 1. The van der Waals surface area contributed by atoms with Crippen LogP contribution in [0, 0.1) is 0 Å². The van der Waals surface area contributed by atoms with Gasteiger partial charge in [-0.15, -0.1) is 0 Å². The Morgan fingerprint density at radius 2 is 1.50 bits per heavy atom. The van der Waals surface area contributed by atoms with Gasteiger partial charge in [0.2, 0.25) is 0 Å². The van der Waals surface area contributed by atoms with Crippen LogP contribution in [0.2, 0.25) is 5.02 Å². The lowest BCUT2D eigenvalue weighted by Crippen LogP contribution is -2.12. The summed E-state index contributed by atoms with van der Waals surface area (Å²) in [5, 5.41) is 4.20. The summed E-state index contributed by atoms with van der Waals surface area (Å²) in [6.07, 6.45) is 0.812. The molecular weight excluding hydrogens is 390 g/mol. The van der Waals surface area contributed by atoms with Crippen molar-refractivity contribution in [3.05, 3.63) is 118 Å². The molecule has 2 aliphatic rings. The lowest BCUT2D eigenvalue weighted by atomic mass is 9.76. The smallest absolute Gasteiger partial charge is 0.196 e. The van der Waals surface area contributed by atoms with Crippen LogP contribution in [0.15, 0.2) is 91.0 Å². The number of rotatable bonds is 2. The summed E-state index contributed by atoms with van der Waals surface area (Å²) in [4.78, 5) is 0. The first-order chi connectivity index (χ1) is 14.8. The summed E-state index contributed by atoms with van der Waals surface area (Å²) in [7, 11) is 0. The molecule has 6 rings (SSSR count). The zero-order valence-electron chi connectivity index (χ0n) is 16.3. The highest BCUT2D eigenvalue weighted by Crippen LogP contribution is 2.45. The summed E-state index contributed by atoms with van der Waals surface area (Å²) < 4.78 is 6.27. The molecule has 0 spiro atoms. The fraction of sp³-hybridized carbons (Fsp3) is 0.111. The number of benzene rings is 4. The predicted octanol–water partition coefficient (Wildman–Crippen LogP) is 7.20. The van der Waals surface area contributed by atoms with Crippen LogP contribution in [-0.4, -0.2) is 0 Å². The molecule has 30 heavy (non-hydrogen) atoms. The van der Waals surface area contributed by atoms with Crippen LogP contribution in [0.25, 0.3) is 11.1 Å². The molecule has 3 heteroatoms. The van der Waals surface area contributed by atoms with Gasteiger partial charge in [-0.05, 0) is 58.5 Å². The Balaban J connectivity index is 1.36. The van der Waals surface area contributed by atoms with E-state index in [1.807, 2.05) is 24.3 Å². The van der Waals surface area contributed by atoms with E-state index in [0.717, 1.165) is 28.4 Å². The van der Waals surface area contributed by atoms with Gasteiger partial charge in [-0.2, -0.15) is 0 Å². The first-order valence-electron chi connectivity index (χ1n) is 10.3. The molecule has 2 unspecified atom stereocenters. The van der Waals surface area contributed by atoms with Gasteiger partial charge in [-0.3, -0.25) is 0 Å². The lowest BCUT2D eigenvalue weighted by Gasteiger charge is -2.28. The van der Waals surface area contributed by atoms with Crippen molar-refractivity contribution in [2.24, 2.45) is 0 Å². The Morgan fingerprint density at radius 1 is 0.767 bits per heavy atom. The van der Waals surface area contributed by atoms with Gasteiger partial charge in [0.25, 0.3) is 0 Å². The quantitative estimate of drug-likeness (QED) is 0.378. The molecule has 1 heterocycles. The van der Waals surface area contributed by atoms with Crippen LogP contribution in [-0.2, 0) is 6.42 Å². The Kier molecular flexibility index (Phi) is 4.07. The van der Waals surface area contributed by atoms with Crippen molar-refractivity contribution in [1.82, 2.24) is 0 Å². The van der Waals surface area contributed by atoms with Gasteiger partial charge < -0.3 is 10.1 Å². The SMILES string of the molecule is Clc1ccc(C2Nc3ccc(C4Cc5ccccc5-c5ccccc54)cc3O2)cc1. The highest BCUT2D eigenvalue weighted by atomic mass is 35.5. The second-order valence-corrected chi connectivity index (χ2v) is 8.39. The van der Waals surface area contributed by atoms with Gasteiger partial charge in [0, 0.05) is 16.5 Å². The molecule has 2 atom stereocenters. The van der Waals surface area contributed by atoms with Crippen molar-refractivity contribution in [2.45, 2.75) is 18.6 Å². The van der Waals surface area contributed by atoms with E-state index in [9.17, 15) is 0 Å². The minimum atomic E-state index is -0.188. The number of halogens is 1. The van der Waals surface area contributed by atoms with E-state index in [0.29, 0.717) is 5.92 Å². The molecule has 0 saturated heterocycles. The second-order valence-electron chi connectivity index (χ2n) is 7.95. The van der Waals surface area contributed by atoms with Gasteiger partial charge in [0.05, 0.1) is 5.69 Å². The number of hydrogen-bond donors (Lipinski definition) is 1. The van der Waals surface area contributed by atoms with Crippen LogP contribution in [0.1, 0.15) is 34.4 Å². The van der Waals surface area contributed by atoms with Gasteiger partial charge in [-0.25, -0.2) is 0 Å². The Bertz CT molecular complexity index is 1250. The third-order valence-electron chi connectivity index (χ3n) is 6.18. The molecule has 0 aromatic heterocycles. The average Bonchev–Trinajstić information content (AvgIpc) is 3.22. The minimum Gasteiger partial charge on any atom is -0.464 e. The molecule has 1 aliphatic heterocycles. The molecule has 0 saturated carbocycles. The number of nitrogens with one attached hydrogen (secondary N) is 1. The van der Waals surface area contributed by atoms with Gasteiger partial charge in [-0.1, -0.05) is 78.3 Å². The maximum atomic E-state index is 6.27. The standard InChI is InChI=1S/C27H20ClNO/c28-20-12-9-17(10-13-20)27-29-25-14-11-19(16-26(25)30-27)24-15-18-5-1-2-6-21(18)22-7-3-4-8-23(22)24/h1-14,16,24,27,29H,15H2. The minimum absolute atomic E-state index is 0.188. The van der Waals surface area contributed by atoms with E-state index in [1.54, 1.807) is 0 Å². The molecule has 1 aliphatic carbocycles. The van der Waals surface area contributed by atoms with E-state index in [4.69, 9.17) is 16.3 Å². The molecule has 4 aromatic rings. The monoisotopic (exact) mass is 409 g/mol. The number of hydrogen-bond acceptors (Lipinski definition) is 2. The first-order valence-corrected chi connectivity index (χ1v) is 10.6. The molecule has 0 bridgehead atoms. The van der Waals surface area contributed by atoms with E-state index in [2.05, 4.69) is 72.0 Å². The summed E-state index contributed by atoms with van der Waals surface area (Å²) in [6.45, 7) is 0. The maximum absolute atomic E-state index is 6.27. The molecule has 0 fully saturated rings. The van der Waals surface area contributed by atoms with Crippen LogP contribution >= 0.6 is 11.6 Å². The van der Waals surface area contributed by atoms with Crippen molar-refractivity contribution in [2.75, 3.05) is 5.32 Å². The molecular formula is C27H20ClNO. The van der Waals surface area contributed by atoms with Crippen LogP contribution in [0.5, 0.6) is 5.75 Å². The molecule has 1 N–H and O–H groups in total. The highest BCUT2D eigenvalue weighted by Gasteiger charge is 2.28. The number of ether oxygens (including phenoxy) is 1. The molecule has 146 valence electrons. The third kappa shape index (κ3) is 2.88. The van der Waals surface area contributed by atoms with Crippen LogP contribution in [0.4, 0.5) is 5.69 Å². The summed E-state index contributed by atoms with van der Waals surface area (Å²) >= 11 is 6.03. The van der Waals surface area contributed by atoms with E-state index in [-0.39, 0.29) is 6.23 Å². The summed E-state index contributed by atoms with van der Waals surface area (Å²) in [5.74, 6) is 1.23. The second kappa shape index (κ2) is 6.93. The molecule has 2 nitrogen and oxygen atoms in total. The van der Waals surface area contributed by atoms with E-state index >= 15 is 0 Å². The lowest BCUT2D eigenvalue weighted by molar-refractivity contribution is 0.259. The Labute approximate surface area is 181 Å². The van der Waals surface area contributed by atoms with Crippen molar-refractivity contribution < 1.29 is 4.74 Å². The maximum Gasteiger partial charge on any atom is 0.196 e.